The highest BCUT2D eigenvalue weighted by atomic mass is 16.5. The number of phenols is 2. The van der Waals surface area contributed by atoms with Gasteiger partial charge < -0.3 is 19.7 Å². The number of unbranched alkanes of at least 4 members (excludes halogenated alkanes) is 2. The van der Waals surface area contributed by atoms with Crippen LogP contribution >= 0.6 is 0 Å². The largest absolute Gasteiger partial charge is 0.507 e. The third-order valence-corrected chi connectivity index (χ3v) is 4.44. The lowest BCUT2D eigenvalue weighted by atomic mass is 10.2. The summed E-state index contributed by atoms with van der Waals surface area (Å²) in [6.45, 7) is 2.71. The number of para-hydroxylation sites is 2. The molecule has 0 aliphatic carbocycles. The summed E-state index contributed by atoms with van der Waals surface area (Å²) in [5.41, 5.74) is 1.33. The van der Waals surface area contributed by atoms with Gasteiger partial charge in [0.15, 0.2) is 0 Å². The second-order valence-electron chi connectivity index (χ2n) is 6.94. The second kappa shape index (κ2) is 13.5. The molecule has 0 bridgehead atoms. The van der Waals surface area contributed by atoms with Crippen molar-refractivity contribution in [2.24, 2.45) is 0 Å². The first kappa shape index (κ1) is 24.5. The molecule has 6 heteroatoms. The van der Waals surface area contributed by atoms with Crippen molar-refractivity contribution in [2.45, 2.75) is 32.8 Å². The normalized spacial score (nSPS) is 9.91. The summed E-state index contributed by atoms with van der Waals surface area (Å²) in [5.74, 6) is -1.07. The number of hydrogen-bond acceptors (Lipinski definition) is 6. The molecule has 0 aliphatic rings. The number of aromatic hydroxyl groups is 2. The van der Waals surface area contributed by atoms with E-state index in [-0.39, 0.29) is 29.2 Å². The highest BCUT2D eigenvalue weighted by molar-refractivity contribution is 5.92. The second-order valence-corrected chi connectivity index (χ2v) is 6.94. The number of hydrogen-bond donors (Lipinski definition) is 2. The average Bonchev–Trinajstić information content (AvgIpc) is 2.82. The number of benzene rings is 3. The number of phenolic OH excluding ortho intramolecular Hbond substituents is 2. The van der Waals surface area contributed by atoms with Gasteiger partial charge >= 0.3 is 11.9 Å². The molecule has 0 heterocycles. The van der Waals surface area contributed by atoms with Gasteiger partial charge in [0.2, 0.25) is 0 Å². The number of carbonyl (C=O) groups is 2. The molecule has 0 fully saturated rings. The van der Waals surface area contributed by atoms with Crippen molar-refractivity contribution in [1.82, 2.24) is 0 Å². The number of ether oxygens (including phenoxy) is 2. The van der Waals surface area contributed by atoms with Crippen LogP contribution in [0.15, 0.2) is 78.9 Å². The van der Waals surface area contributed by atoms with Crippen molar-refractivity contribution in [3.8, 4) is 11.5 Å². The van der Waals surface area contributed by atoms with E-state index in [2.05, 4.69) is 6.92 Å². The first-order valence-electron chi connectivity index (χ1n) is 10.5. The van der Waals surface area contributed by atoms with Crippen LogP contribution in [0.3, 0.4) is 0 Å². The highest BCUT2D eigenvalue weighted by Crippen LogP contribution is 2.18. The van der Waals surface area contributed by atoms with Crippen LogP contribution in [0.2, 0.25) is 0 Å². The summed E-state index contributed by atoms with van der Waals surface area (Å²) in [7, 11) is 0. The van der Waals surface area contributed by atoms with Crippen LogP contribution in [0.25, 0.3) is 0 Å². The fraction of sp³-hybridized carbons (Fsp3) is 0.231. The molecule has 0 aliphatic heterocycles. The van der Waals surface area contributed by atoms with Crippen molar-refractivity contribution >= 4 is 11.9 Å². The zero-order valence-electron chi connectivity index (χ0n) is 18.1. The lowest BCUT2D eigenvalue weighted by Crippen LogP contribution is -2.06. The lowest BCUT2D eigenvalue weighted by Gasteiger charge is -2.05. The summed E-state index contributed by atoms with van der Waals surface area (Å²) in [6.07, 6.45) is 3.01. The van der Waals surface area contributed by atoms with E-state index in [9.17, 15) is 19.8 Å². The molecule has 0 spiro atoms. The van der Waals surface area contributed by atoms with Crippen LogP contribution < -0.4 is 0 Å². The minimum Gasteiger partial charge on any atom is -0.507 e. The highest BCUT2D eigenvalue weighted by Gasteiger charge is 2.12. The first-order chi connectivity index (χ1) is 15.5. The van der Waals surface area contributed by atoms with E-state index in [0.717, 1.165) is 24.8 Å². The quantitative estimate of drug-likeness (QED) is 0.358. The van der Waals surface area contributed by atoms with Crippen molar-refractivity contribution in [1.29, 1.82) is 0 Å². The molecule has 32 heavy (non-hydrogen) atoms. The summed E-state index contributed by atoms with van der Waals surface area (Å²) in [5, 5.41) is 18.9. The Labute approximate surface area is 188 Å². The molecule has 0 unspecified atom stereocenters. The summed E-state index contributed by atoms with van der Waals surface area (Å²) in [4.78, 5) is 23.1. The average molecular weight is 437 g/mol. The first-order valence-corrected chi connectivity index (χ1v) is 10.5. The minimum atomic E-state index is -0.521. The molecule has 3 rings (SSSR count). The van der Waals surface area contributed by atoms with Gasteiger partial charge in [0.1, 0.15) is 29.2 Å². The summed E-state index contributed by atoms with van der Waals surface area (Å²) in [6, 6.07) is 22.1. The van der Waals surface area contributed by atoms with Crippen LogP contribution in [-0.2, 0) is 16.1 Å². The fourth-order valence-corrected chi connectivity index (χ4v) is 2.69. The third kappa shape index (κ3) is 8.14. The minimum absolute atomic E-state index is 0.0296. The predicted octanol–water partition coefficient (Wildman–Crippen LogP) is 5.49. The Hall–Kier alpha value is -3.80. The van der Waals surface area contributed by atoms with Crippen molar-refractivity contribution < 1.29 is 29.3 Å². The maximum Gasteiger partial charge on any atom is 0.342 e. The Balaban J connectivity index is 0.000000229. The maximum atomic E-state index is 11.7. The monoisotopic (exact) mass is 436 g/mol. The molecule has 168 valence electrons. The lowest BCUT2D eigenvalue weighted by molar-refractivity contribution is 0.0466. The van der Waals surface area contributed by atoms with Gasteiger partial charge in [-0.2, -0.15) is 0 Å². The fourth-order valence-electron chi connectivity index (χ4n) is 2.69. The van der Waals surface area contributed by atoms with E-state index >= 15 is 0 Å². The van der Waals surface area contributed by atoms with E-state index in [1.165, 1.54) is 18.2 Å². The Morgan fingerprint density at radius 2 is 1.19 bits per heavy atom. The van der Waals surface area contributed by atoms with Gasteiger partial charge in [0.05, 0.1) is 6.61 Å². The molecule has 0 saturated heterocycles. The third-order valence-electron chi connectivity index (χ3n) is 4.44. The molecule has 3 aromatic rings. The molecule has 0 aromatic heterocycles. The number of carbonyl (C=O) groups excluding carboxylic acids is 2. The van der Waals surface area contributed by atoms with E-state index in [0.29, 0.717) is 6.61 Å². The topological polar surface area (TPSA) is 93.1 Å². The summed E-state index contributed by atoms with van der Waals surface area (Å²) < 4.78 is 10.1. The molecule has 6 nitrogen and oxygen atoms in total. The van der Waals surface area contributed by atoms with Gasteiger partial charge in [-0.1, -0.05) is 74.4 Å². The van der Waals surface area contributed by atoms with Gasteiger partial charge in [-0.05, 0) is 36.2 Å². The molecule has 3 aromatic carbocycles. The number of esters is 2. The molecule has 0 atom stereocenters. The van der Waals surface area contributed by atoms with Gasteiger partial charge in [-0.15, -0.1) is 0 Å². The Morgan fingerprint density at radius 1 is 0.688 bits per heavy atom. The van der Waals surface area contributed by atoms with Crippen LogP contribution in [0, 0.1) is 0 Å². The van der Waals surface area contributed by atoms with E-state index in [4.69, 9.17) is 9.47 Å². The van der Waals surface area contributed by atoms with Crippen LogP contribution in [0.4, 0.5) is 0 Å². The van der Waals surface area contributed by atoms with E-state index in [1.807, 2.05) is 30.3 Å². The Bertz CT molecular complexity index is 984. The predicted molar refractivity (Wildman–Crippen MR) is 122 cm³/mol. The SMILES string of the molecule is CCCCCOC(=O)c1ccccc1O.O=C(OCc1ccccc1)c1ccccc1O. The molecular weight excluding hydrogens is 408 g/mol. The molecule has 0 amide bonds. The van der Waals surface area contributed by atoms with E-state index in [1.54, 1.807) is 30.3 Å². The zero-order valence-corrected chi connectivity index (χ0v) is 18.1. The van der Waals surface area contributed by atoms with Gasteiger partial charge in [-0.25, -0.2) is 9.59 Å². The van der Waals surface area contributed by atoms with Gasteiger partial charge in [0, 0.05) is 0 Å². The summed E-state index contributed by atoms with van der Waals surface area (Å²) >= 11 is 0. The zero-order chi connectivity index (χ0) is 23.2. The standard InChI is InChI=1S/C14H12O3.C12H16O3/c15-13-9-5-4-8-12(13)14(16)17-10-11-6-2-1-3-7-11;1-2-3-6-9-15-12(14)10-7-4-5-8-11(10)13/h1-9,15H,10H2;4-5,7-8,13H,2-3,6,9H2,1H3. The molecule has 0 radical (unpaired) electrons. The van der Waals surface area contributed by atoms with Gasteiger partial charge in [0.25, 0.3) is 0 Å². The maximum absolute atomic E-state index is 11.7. The molecule has 2 N–H and O–H groups in total. The van der Waals surface area contributed by atoms with Gasteiger partial charge in [-0.3, -0.25) is 0 Å². The molecule has 0 saturated carbocycles. The van der Waals surface area contributed by atoms with Crippen LogP contribution in [0.1, 0.15) is 52.5 Å². The smallest absolute Gasteiger partial charge is 0.342 e. The van der Waals surface area contributed by atoms with Crippen LogP contribution in [-0.4, -0.2) is 28.8 Å². The van der Waals surface area contributed by atoms with Crippen molar-refractivity contribution in [3.63, 3.8) is 0 Å². The molecular formula is C26H28O6. The van der Waals surface area contributed by atoms with E-state index < -0.39 is 11.9 Å². The van der Waals surface area contributed by atoms with Crippen molar-refractivity contribution in [2.75, 3.05) is 6.61 Å². The Kier molecular flexibility index (Phi) is 10.3. The number of rotatable bonds is 8. The van der Waals surface area contributed by atoms with Crippen molar-refractivity contribution in [3.05, 3.63) is 95.6 Å². The van der Waals surface area contributed by atoms with Crippen LogP contribution in [0.5, 0.6) is 11.5 Å². The Morgan fingerprint density at radius 3 is 1.72 bits per heavy atom.